The van der Waals surface area contributed by atoms with Crippen molar-refractivity contribution in [1.29, 1.82) is 0 Å². The maximum absolute atomic E-state index is 10.7. The fourth-order valence-electron chi connectivity index (χ4n) is 1.73. The monoisotopic (exact) mass is 420 g/mol. The molecule has 1 atom stereocenters. The minimum Gasteiger partial charge on any atom is -0.478 e. The number of nitrogens with one attached hydrogen (secondary N) is 1. The Morgan fingerprint density at radius 3 is 1.75 bits per heavy atom. The summed E-state index contributed by atoms with van der Waals surface area (Å²) in [7, 11) is 0. The number of hydrogen-bond donors (Lipinski definition) is 4. The second-order valence-corrected chi connectivity index (χ2v) is 5.07. The molecule has 0 aliphatic carbocycles. The van der Waals surface area contributed by atoms with E-state index < -0.39 is 30.3 Å². The van der Waals surface area contributed by atoms with E-state index in [4.69, 9.17) is 24.9 Å². The number of pyridine rings is 1. The number of nitrogens with zero attached hydrogens (tertiary/aromatic N) is 1. The highest BCUT2D eigenvalue weighted by Gasteiger charge is 2.38. The highest BCUT2D eigenvalue weighted by molar-refractivity contribution is 5.87. The summed E-state index contributed by atoms with van der Waals surface area (Å²) in [6.07, 6.45) is -4.86. The smallest absolute Gasteiger partial charge is 0.478 e. The lowest BCUT2D eigenvalue weighted by atomic mass is 10.1. The van der Waals surface area contributed by atoms with Gasteiger partial charge >= 0.3 is 30.3 Å². The first kappa shape index (κ1) is 25.1. The molecule has 0 amide bonds. The molecule has 0 aromatic carbocycles. The maximum Gasteiger partial charge on any atom is 0.490 e. The molecule has 14 heteroatoms. The lowest BCUT2D eigenvalue weighted by Crippen LogP contribution is -2.21. The zero-order valence-corrected chi connectivity index (χ0v) is 13.7. The number of halogens is 6. The molecule has 1 fully saturated rings. The molecule has 158 valence electrons. The number of hydrogen-bond acceptors (Lipinski definition) is 5. The summed E-state index contributed by atoms with van der Waals surface area (Å²) in [5.41, 5.74) is 1.23. The second kappa shape index (κ2) is 10.4. The Labute approximate surface area is 152 Å². The topological polar surface area (TPSA) is 137 Å². The van der Waals surface area contributed by atoms with Crippen LogP contribution in [0.2, 0.25) is 0 Å². The summed E-state index contributed by atoms with van der Waals surface area (Å²) in [4.78, 5) is 32.4. The first-order valence-electron chi connectivity index (χ1n) is 7.18. The van der Waals surface area contributed by atoms with E-state index in [1.807, 2.05) is 0 Å². The van der Waals surface area contributed by atoms with E-state index in [0.29, 0.717) is 0 Å². The summed E-state index contributed by atoms with van der Waals surface area (Å²) in [6.45, 7) is 1.00. The third-order valence-corrected chi connectivity index (χ3v) is 2.95. The average Bonchev–Trinajstić information content (AvgIpc) is 3.09. The Balaban J connectivity index is 0.000000444. The van der Waals surface area contributed by atoms with Crippen molar-refractivity contribution in [2.24, 2.45) is 0 Å². The van der Waals surface area contributed by atoms with Gasteiger partial charge in [-0.15, -0.1) is 0 Å². The van der Waals surface area contributed by atoms with Crippen molar-refractivity contribution in [1.82, 2.24) is 10.3 Å². The summed E-state index contributed by atoms with van der Waals surface area (Å²) in [5, 5.41) is 26.3. The molecule has 1 unspecified atom stereocenters. The van der Waals surface area contributed by atoms with Crippen LogP contribution < -0.4 is 5.32 Å². The summed E-state index contributed by atoms with van der Waals surface area (Å²) < 4.78 is 63.5. The van der Waals surface area contributed by atoms with Crippen LogP contribution in [0.5, 0.6) is 0 Å². The Morgan fingerprint density at radius 2 is 1.43 bits per heavy atom. The molecule has 0 saturated carbocycles. The van der Waals surface area contributed by atoms with Crippen molar-refractivity contribution in [2.75, 3.05) is 6.54 Å². The summed E-state index contributed by atoms with van der Waals surface area (Å²) in [6, 6.07) is 1.97. The quantitative estimate of drug-likeness (QED) is 0.536. The Morgan fingerprint density at radius 1 is 0.964 bits per heavy atom. The van der Waals surface area contributed by atoms with Gasteiger partial charge < -0.3 is 20.6 Å². The fourth-order valence-corrected chi connectivity index (χ4v) is 1.73. The van der Waals surface area contributed by atoms with Crippen molar-refractivity contribution in [2.45, 2.75) is 31.2 Å². The van der Waals surface area contributed by atoms with Crippen molar-refractivity contribution >= 4 is 17.9 Å². The van der Waals surface area contributed by atoms with Crippen molar-refractivity contribution in [3.63, 3.8) is 0 Å². The standard InChI is InChI=1S/C10H12N2O2.2C2HF3O2/c13-10(14)8-4-7(5-11-6-8)9-2-1-3-12-9;2*3-2(4,5)1(6)7/h4-6,9,12H,1-3H2,(H,13,14);2*(H,6,7). The van der Waals surface area contributed by atoms with Crippen molar-refractivity contribution < 1.29 is 56.0 Å². The van der Waals surface area contributed by atoms with Gasteiger partial charge in [0.25, 0.3) is 0 Å². The lowest BCUT2D eigenvalue weighted by molar-refractivity contribution is -0.193. The molecule has 1 aliphatic heterocycles. The van der Waals surface area contributed by atoms with Gasteiger partial charge in [-0.05, 0) is 31.0 Å². The summed E-state index contributed by atoms with van der Waals surface area (Å²) in [5.74, 6) is -6.43. The molecule has 0 bridgehead atoms. The van der Waals surface area contributed by atoms with Crippen LogP contribution in [-0.2, 0) is 9.59 Å². The van der Waals surface area contributed by atoms with Gasteiger partial charge in [0.2, 0.25) is 0 Å². The number of aliphatic carboxylic acids is 2. The van der Waals surface area contributed by atoms with Gasteiger partial charge in [0.05, 0.1) is 5.56 Å². The first-order chi connectivity index (χ1) is 12.7. The van der Waals surface area contributed by atoms with E-state index in [9.17, 15) is 31.1 Å². The maximum atomic E-state index is 10.7. The molecule has 1 aliphatic rings. The first-order valence-corrected chi connectivity index (χ1v) is 7.18. The molecule has 28 heavy (non-hydrogen) atoms. The van der Waals surface area contributed by atoms with Gasteiger partial charge in [0, 0.05) is 18.4 Å². The summed E-state index contributed by atoms with van der Waals surface area (Å²) >= 11 is 0. The number of carbonyl (C=O) groups is 3. The molecule has 2 heterocycles. The number of carboxylic acids is 3. The van der Waals surface area contributed by atoms with Crippen LogP contribution in [0.25, 0.3) is 0 Å². The van der Waals surface area contributed by atoms with E-state index in [0.717, 1.165) is 24.9 Å². The SMILES string of the molecule is O=C(O)C(F)(F)F.O=C(O)C(F)(F)F.O=C(O)c1cncc(C2CCCN2)c1. The average molecular weight is 420 g/mol. The zero-order chi connectivity index (χ0) is 22.1. The van der Waals surface area contributed by atoms with Crippen molar-refractivity contribution in [3.05, 3.63) is 29.6 Å². The van der Waals surface area contributed by atoms with E-state index >= 15 is 0 Å². The van der Waals surface area contributed by atoms with Crippen LogP contribution in [0.1, 0.15) is 34.8 Å². The Kier molecular flexibility index (Phi) is 9.36. The molecule has 2 rings (SSSR count). The Hall–Kier alpha value is -2.90. The molecule has 8 nitrogen and oxygen atoms in total. The largest absolute Gasteiger partial charge is 0.490 e. The predicted octanol–water partition coefficient (Wildman–Crippen LogP) is 2.47. The minimum absolute atomic E-state index is 0.260. The predicted molar refractivity (Wildman–Crippen MR) is 78.6 cm³/mol. The third kappa shape index (κ3) is 9.70. The molecule has 1 aromatic heterocycles. The van der Waals surface area contributed by atoms with E-state index in [1.165, 1.54) is 6.20 Å². The normalized spacial score (nSPS) is 16.1. The number of carboxylic acid groups (broad SMARTS) is 3. The number of aromatic carboxylic acids is 1. The molecular formula is C14H14F6N2O6. The van der Waals surface area contributed by atoms with E-state index in [1.54, 1.807) is 12.3 Å². The van der Waals surface area contributed by atoms with Gasteiger partial charge in [-0.2, -0.15) is 26.3 Å². The van der Waals surface area contributed by atoms with Crippen molar-refractivity contribution in [3.8, 4) is 0 Å². The highest BCUT2D eigenvalue weighted by Crippen LogP contribution is 2.22. The van der Waals surface area contributed by atoms with Crippen LogP contribution in [0.15, 0.2) is 18.5 Å². The number of rotatable bonds is 2. The molecule has 1 saturated heterocycles. The van der Waals surface area contributed by atoms with E-state index in [-0.39, 0.29) is 11.6 Å². The molecule has 0 radical (unpaired) electrons. The lowest BCUT2D eigenvalue weighted by Gasteiger charge is -2.09. The van der Waals surface area contributed by atoms with Crippen LogP contribution in [0.3, 0.4) is 0 Å². The minimum atomic E-state index is -5.08. The molecular weight excluding hydrogens is 406 g/mol. The highest BCUT2D eigenvalue weighted by atomic mass is 19.4. The zero-order valence-electron chi connectivity index (χ0n) is 13.7. The van der Waals surface area contributed by atoms with Gasteiger partial charge in [-0.1, -0.05) is 0 Å². The van der Waals surface area contributed by atoms with Gasteiger partial charge in [0.1, 0.15) is 0 Å². The third-order valence-electron chi connectivity index (χ3n) is 2.95. The number of alkyl halides is 6. The van der Waals surface area contributed by atoms with Gasteiger partial charge in [-0.25, -0.2) is 14.4 Å². The number of aromatic nitrogens is 1. The van der Waals surface area contributed by atoms with Crippen LogP contribution >= 0.6 is 0 Å². The molecule has 0 spiro atoms. The van der Waals surface area contributed by atoms with Gasteiger partial charge in [0.15, 0.2) is 0 Å². The molecule has 4 N–H and O–H groups in total. The van der Waals surface area contributed by atoms with E-state index in [2.05, 4.69) is 10.3 Å². The van der Waals surface area contributed by atoms with Crippen LogP contribution in [-0.4, -0.2) is 57.1 Å². The van der Waals surface area contributed by atoms with Crippen LogP contribution in [0, 0.1) is 0 Å². The fraction of sp³-hybridized carbons (Fsp3) is 0.429. The van der Waals surface area contributed by atoms with Gasteiger partial charge in [-0.3, -0.25) is 4.98 Å². The molecule has 1 aromatic rings. The Bertz CT molecular complexity index is 662. The van der Waals surface area contributed by atoms with Crippen LogP contribution in [0.4, 0.5) is 26.3 Å². The second-order valence-electron chi connectivity index (χ2n) is 5.07.